The third-order valence-electron chi connectivity index (χ3n) is 2.41. The van der Waals surface area contributed by atoms with E-state index in [2.05, 4.69) is 20.8 Å². The number of carbonyl (C=O) groups excluding carboxylic acids is 1. The average Bonchev–Trinajstić information content (AvgIpc) is 2.71. The van der Waals surface area contributed by atoms with Crippen molar-refractivity contribution in [3.63, 3.8) is 0 Å². The lowest BCUT2D eigenvalue weighted by Crippen LogP contribution is -2.48. The van der Waals surface area contributed by atoms with Crippen LogP contribution in [0, 0.1) is 12.8 Å². The number of aliphatic carboxylic acids is 1. The zero-order valence-electron chi connectivity index (χ0n) is 11.1. The van der Waals surface area contributed by atoms with E-state index in [9.17, 15) is 9.59 Å². The molecule has 106 valence electrons. The van der Waals surface area contributed by atoms with Gasteiger partial charge in [-0.2, -0.15) is 4.98 Å². The maximum Gasteiger partial charge on any atom is 0.326 e. The summed E-state index contributed by atoms with van der Waals surface area (Å²) in [4.78, 5) is 26.4. The molecule has 0 saturated carbocycles. The number of rotatable bonds is 6. The molecule has 0 aliphatic heterocycles. The van der Waals surface area contributed by atoms with Gasteiger partial charge in [0.15, 0.2) is 5.82 Å². The Labute approximate surface area is 110 Å². The molecule has 0 aromatic carbocycles. The molecule has 19 heavy (non-hydrogen) atoms. The van der Waals surface area contributed by atoms with Crippen molar-refractivity contribution in [2.45, 2.75) is 33.2 Å². The third kappa shape index (κ3) is 4.94. The smallest absolute Gasteiger partial charge is 0.326 e. The van der Waals surface area contributed by atoms with Crippen LogP contribution >= 0.6 is 0 Å². The van der Waals surface area contributed by atoms with Crippen LogP contribution < -0.4 is 10.6 Å². The minimum Gasteiger partial charge on any atom is -0.480 e. The molecule has 0 saturated heterocycles. The SMILES string of the molecule is Cc1noc(CCNC(=O)N[C@H](C(=O)O)C(C)C)n1. The van der Waals surface area contributed by atoms with Gasteiger partial charge in [0, 0.05) is 13.0 Å². The van der Waals surface area contributed by atoms with Gasteiger partial charge in [-0.05, 0) is 12.8 Å². The molecular weight excluding hydrogens is 252 g/mol. The predicted octanol–water partition coefficient (Wildman–Crippen LogP) is 0.329. The number of aryl methyl sites for hydroxylation is 1. The van der Waals surface area contributed by atoms with Crippen LogP contribution in [-0.4, -0.2) is 39.8 Å². The van der Waals surface area contributed by atoms with Gasteiger partial charge in [0.25, 0.3) is 0 Å². The molecule has 8 nitrogen and oxygen atoms in total. The summed E-state index contributed by atoms with van der Waals surface area (Å²) in [6.45, 7) is 5.44. The van der Waals surface area contributed by atoms with E-state index in [1.807, 2.05) is 0 Å². The van der Waals surface area contributed by atoms with Gasteiger partial charge < -0.3 is 20.3 Å². The normalized spacial score (nSPS) is 12.2. The van der Waals surface area contributed by atoms with Crippen molar-refractivity contribution in [1.29, 1.82) is 0 Å². The van der Waals surface area contributed by atoms with Crippen LogP contribution in [0.25, 0.3) is 0 Å². The van der Waals surface area contributed by atoms with Crippen LogP contribution in [-0.2, 0) is 11.2 Å². The van der Waals surface area contributed by atoms with Crippen molar-refractivity contribution in [2.75, 3.05) is 6.54 Å². The predicted molar refractivity (Wildman–Crippen MR) is 65.5 cm³/mol. The first-order valence-corrected chi connectivity index (χ1v) is 5.96. The highest BCUT2D eigenvalue weighted by atomic mass is 16.5. The molecule has 1 heterocycles. The maximum absolute atomic E-state index is 11.5. The minimum atomic E-state index is -1.06. The highest BCUT2D eigenvalue weighted by molar-refractivity contribution is 5.82. The summed E-state index contributed by atoms with van der Waals surface area (Å²) in [7, 11) is 0. The number of hydrogen-bond acceptors (Lipinski definition) is 5. The van der Waals surface area contributed by atoms with E-state index in [0.717, 1.165) is 0 Å². The summed E-state index contributed by atoms with van der Waals surface area (Å²) >= 11 is 0. The molecule has 0 fully saturated rings. The average molecular weight is 270 g/mol. The fraction of sp³-hybridized carbons (Fsp3) is 0.636. The van der Waals surface area contributed by atoms with Crippen LogP contribution in [0.1, 0.15) is 25.6 Å². The van der Waals surface area contributed by atoms with Crippen molar-refractivity contribution < 1.29 is 19.2 Å². The number of nitrogens with zero attached hydrogens (tertiary/aromatic N) is 2. The van der Waals surface area contributed by atoms with Gasteiger partial charge in [0.2, 0.25) is 5.89 Å². The molecule has 1 aromatic heterocycles. The molecule has 0 radical (unpaired) electrons. The van der Waals surface area contributed by atoms with Crippen molar-refractivity contribution in [1.82, 2.24) is 20.8 Å². The molecule has 0 bridgehead atoms. The van der Waals surface area contributed by atoms with E-state index in [1.165, 1.54) is 0 Å². The lowest BCUT2D eigenvalue weighted by molar-refractivity contribution is -0.140. The van der Waals surface area contributed by atoms with Gasteiger partial charge in [-0.25, -0.2) is 9.59 Å². The molecule has 0 aliphatic rings. The molecule has 1 aromatic rings. The quantitative estimate of drug-likeness (QED) is 0.685. The van der Waals surface area contributed by atoms with Crippen LogP contribution in [0.4, 0.5) is 4.79 Å². The zero-order valence-corrected chi connectivity index (χ0v) is 11.1. The van der Waals surface area contributed by atoms with Crippen LogP contribution in [0.15, 0.2) is 4.52 Å². The Kier molecular flexibility index (Phi) is 5.28. The summed E-state index contributed by atoms with van der Waals surface area (Å²) in [5.74, 6) is -0.291. The van der Waals surface area contributed by atoms with E-state index < -0.39 is 18.0 Å². The first-order valence-electron chi connectivity index (χ1n) is 5.96. The van der Waals surface area contributed by atoms with Crippen molar-refractivity contribution >= 4 is 12.0 Å². The van der Waals surface area contributed by atoms with Gasteiger partial charge in [0.1, 0.15) is 6.04 Å². The minimum absolute atomic E-state index is 0.193. The fourth-order valence-corrected chi connectivity index (χ4v) is 1.43. The Morgan fingerprint density at radius 1 is 1.42 bits per heavy atom. The van der Waals surface area contributed by atoms with Crippen LogP contribution in [0.3, 0.4) is 0 Å². The van der Waals surface area contributed by atoms with Gasteiger partial charge in [0.05, 0.1) is 0 Å². The van der Waals surface area contributed by atoms with Gasteiger partial charge in [-0.1, -0.05) is 19.0 Å². The number of hydrogen-bond donors (Lipinski definition) is 3. The Morgan fingerprint density at radius 2 is 2.11 bits per heavy atom. The molecule has 1 atom stereocenters. The van der Waals surface area contributed by atoms with Gasteiger partial charge >= 0.3 is 12.0 Å². The molecule has 0 spiro atoms. The number of urea groups is 1. The van der Waals surface area contributed by atoms with E-state index >= 15 is 0 Å². The molecule has 1 rings (SSSR count). The summed E-state index contributed by atoms with van der Waals surface area (Å²) < 4.78 is 4.88. The number of aromatic nitrogens is 2. The summed E-state index contributed by atoms with van der Waals surface area (Å²) in [6.07, 6.45) is 0.397. The second-order valence-electron chi connectivity index (χ2n) is 4.45. The monoisotopic (exact) mass is 270 g/mol. The number of amides is 2. The molecule has 0 aliphatic carbocycles. The largest absolute Gasteiger partial charge is 0.480 e. The van der Waals surface area contributed by atoms with E-state index in [0.29, 0.717) is 18.1 Å². The first-order chi connectivity index (χ1) is 8.90. The van der Waals surface area contributed by atoms with Crippen LogP contribution in [0.5, 0.6) is 0 Å². The first kappa shape index (κ1) is 14.9. The topological polar surface area (TPSA) is 117 Å². The second kappa shape index (κ2) is 6.72. The Bertz CT molecular complexity index is 444. The van der Waals surface area contributed by atoms with Gasteiger partial charge in [-0.15, -0.1) is 0 Å². The van der Waals surface area contributed by atoms with Gasteiger partial charge in [-0.3, -0.25) is 0 Å². The van der Waals surface area contributed by atoms with Crippen molar-refractivity contribution in [2.24, 2.45) is 5.92 Å². The second-order valence-corrected chi connectivity index (χ2v) is 4.45. The van der Waals surface area contributed by atoms with Crippen LogP contribution in [0.2, 0.25) is 0 Å². The van der Waals surface area contributed by atoms with E-state index in [1.54, 1.807) is 20.8 Å². The molecular formula is C11H18N4O4. The molecule has 3 N–H and O–H groups in total. The lowest BCUT2D eigenvalue weighted by Gasteiger charge is -2.17. The zero-order chi connectivity index (χ0) is 14.4. The number of nitrogens with one attached hydrogen (secondary N) is 2. The third-order valence-corrected chi connectivity index (χ3v) is 2.41. The highest BCUT2D eigenvalue weighted by Gasteiger charge is 2.23. The molecule has 8 heteroatoms. The number of carboxylic acids is 1. The van der Waals surface area contributed by atoms with E-state index in [4.69, 9.17) is 9.63 Å². The summed E-state index contributed by atoms with van der Waals surface area (Å²) in [5, 5.41) is 17.5. The maximum atomic E-state index is 11.5. The Morgan fingerprint density at radius 3 is 2.58 bits per heavy atom. The van der Waals surface area contributed by atoms with E-state index in [-0.39, 0.29) is 12.5 Å². The standard InChI is InChI=1S/C11H18N4O4/c1-6(2)9(10(16)17)14-11(18)12-5-4-8-13-7(3)15-19-8/h6,9H,4-5H2,1-3H3,(H,16,17)(H2,12,14,18)/t9-/m0/s1. The lowest BCUT2D eigenvalue weighted by atomic mass is 10.1. The number of carbonyl (C=O) groups is 2. The Balaban J connectivity index is 2.33. The van der Waals surface area contributed by atoms with Crippen molar-refractivity contribution in [3.8, 4) is 0 Å². The molecule has 2 amide bonds. The summed E-state index contributed by atoms with van der Waals surface area (Å²) in [5.41, 5.74) is 0. The highest BCUT2D eigenvalue weighted by Crippen LogP contribution is 2.01. The Hall–Kier alpha value is -2.12. The fourth-order valence-electron chi connectivity index (χ4n) is 1.43. The summed E-state index contributed by atoms with van der Waals surface area (Å²) in [6, 6.07) is -1.44. The number of carboxylic acid groups (broad SMARTS) is 1. The molecule has 0 unspecified atom stereocenters. The van der Waals surface area contributed by atoms with Crippen molar-refractivity contribution in [3.05, 3.63) is 11.7 Å².